The van der Waals surface area contributed by atoms with E-state index in [-0.39, 0.29) is 6.10 Å². The van der Waals surface area contributed by atoms with E-state index in [2.05, 4.69) is 21.2 Å². The van der Waals surface area contributed by atoms with Crippen LogP contribution in [0.4, 0.5) is 0 Å². The zero-order valence-electron chi connectivity index (χ0n) is 12.0. The fourth-order valence-electron chi connectivity index (χ4n) is 2.68. The summed E-state index contributed by atoms with van der Waals surface area (Å²) in [6.45, 7) is 1.71. The van der Waals surface area contributed by atoms with Crippen LogP contribution in [0.1, 0.15) is 24.8 Å². The van der Waals surface area contributed by atoms with Gasteiger partial charge >= 0.3 is 0 Å². The molecule has 0 aromatic heterocycles. The molecule has 0 aliphatic heterocycles. The molecule has 0 bridgehead atoms. The van der Waals surface area contributed by atoms with Crippen LogP contribution in [0.15, 0.2) is 16.6 Å². The Morgan fingerprint density at radius 3 is 2.55 bits per heavy atom. The number of nitrogens with one attached hydrogen (secondary N) is 1. The van der Waals surface area contributed by atoms with Crippen LogP contribution in [0.25, 0.3) is 0 Å². The number of benzene rings is 1. The third kappa shape index (κ3) is 3.87. The van der Waals surface area contributed by atoms with Gasteiger partial charge < -0.3 is 19.9 Å². The lowest BCUT2D eigenvalue weighted by Crippen LogP contribution is -2.21. The molecule has 0 saturated heterocycles. The first-order valence-electron chi connectivity index (χ1n) is 6.93. The molecule has 1 aromatic rings. The number of aliphatic hydroxyl groups is 1. The number of hydrogen-bond acceptors (Lipinski definition) is 4. The van der Waals surface area contributed by atoms with Gasteiger partial charge in [-0.25, -0.2) is 0 Å². The molecule has 112 valence electrons. The SMILES string of the molecule is COc1cc(Br)c(CNCC2CCC(O)C2)cc1OC. The second-order valence-electron chi connectivity index (χ2n) is 5.26. The Labute approximate surface area is 128 Å². The van der Waals surface area contributed by atoms with Gasteiger partial charge in [0.15, 0.2) is 11.5 Å². The van der Waals surface area contributed by atoms with Crippen molar-refractivity contribution in [1.29, 1.82) is 0 Å². The number of rotatable bonds is 6. The van der Waals surface area contributed by atoms with Gasteiger partial charge in [-0.2, -0.15) is 0 Å². The van der Waals surface area contributed by atoms with Crippen LogP contribution in [-0.4, -0.2) is 32.0 Å². The lowest BCUT2D eigenvalue weighted by molar-refractivity contribution is 0.177. The summed E-state index contributed by atoms with van der Waals surface area (Å²) < 4.78 is 11.6. The summed E-state index contributed by atoms with van der Waals surface area (Å²) in [7, 11) is 3.27. The zero-order valence-corrected chi connectivity index (χ0v) is 13.6. The molecule has 4 nitrogen and oxygen atoms in total. The quantitative estimate of drug-likeness (QED) is 0.833. The van der Waals surface area contributed by atoms with Gasteiger partial charge in [0.2, 0.25) is 0 Å². The van der Waals surface area contributed by atoms with Gasteiger partial charge in [0, 0.05) is 11.0 Å². The van der Waals surface area contributed by atoms with Crippen molar-refractivity contribution >= 4 is 15.9 Å². The number of methoxy groups -OCH3 is 2. The predicted molar refractivity (Wildman–Crippen MR) is 82.3 cm³/mol. The molecule has 2 N–H and O–H groups in total. The molecular weight excluding hydrogens is 322 g/mol. The summed E-state index contributed by atoms with van der Waals surface area (Å²) in [6.07, 6.45) is 2.86. The minimum atomic E-state index is -0.102. The first-order valence-corrected chi connectivity index (χ1v) is 7.72. The predicted octanol–water partition coefficient (Wildman–Crippen LogP) is 2.72. The van der Waals surface area contributed by atoms with Gasteiger partial charge in [-0.1, -0.05) is 15.9 Å². The minimum Gasteiger partial charge on any atom is -0.493 e. The fourth-order valence-corrected chi connectivity index (χ4v) is 3.14. The summed E-state index contributed by atoms with van der Waals surface area (Å²) in [5.74, 6) is 2.05. The van der Waals surface area contributed by atoms with E-state index in [9.17, 15) is 5.11 Å². The molecule has 2 rings (SSSR count). The van der Waals surface area contributed by atoms with Crippen molar-refractivity contribution < 1.29 is 14.6 Å². The van der Waals surface area contributed by atoms with Crippen LogP contribution in [-0.2, 0) is 6.54 Å². The van der Waals surface area contributed by atoms with Crippen LogP contribution in [0, 0.1) is 5.92 Å². The van der Waals surface area contributed by atoms with Crippen molar-refractivity contribution in [1.82, 2.24) is 5.32 Å². The Kier molecular flexibility index (Phi) is 5.69. The Morgan fingerprint density at radius 2 is 1.95 bits per heavy atom. The summed E-state index contributed by atoms with van der Waals surface area (Å²) in [6, 6.07) is 3.91. The second-order valence-corrected chi connectivity index (χ2v) is 6.12. The van der Waals surface area contributed by atoms with E-state index in [1.807, 2.05) is 12.1 Å². The molecule has 1 aliphatic carbocycles. The van der Waals surface area contributed by atoms with Crippen molar-refractivity contribution in [2.24, 2.45) is 5.92 Å². The van der Waals surface area contributed by atoms with Gasteiger partial charge in [-0.15, -0.1) is 0 Å². The summed E-state index contributed by atoms with van der Waals surface area (Å²) >= 11 is 3.56. The van der Waals surface area contributed by atoms with Gasteiger partial charge in [0.1, 0.15) is 0 Å². The molecule has 0 amide bonds. The van der Waals surface area contributed by atoms with Crippen molar-refractivity contribution in [3.05, 3.63) is 22.2 Å². The molecular formula is C15H22BrNO3. The van der Waals surface area contributed by atoms with Gasteiger partial charge in [0.05, 0.1) is 20.3 Å². The lowest BCUT2D eigenvalue weighted by Gasteiger charge is -2.14. The summed E-state index contributed by atoms with van der Waals surface area (Å²) in [5, 5.41) is 13.0. The second kappa shape index (κ2) is 7.29. The molecule has 0 spiro atoms. The molecule has 1 saturated carbocycles. The molecule has 1 aliphatic rings. The number of ether oxygens (including phenoxy) is 2. The Balaban J connectivity index is 1.92. The first kappa shape index (κ1) is 15.6. The largest absolute Gasteiger partial charge is 0.493 e. The van der Waals surface area contributed by atoms with E-state index in [1.165, 1.54) is 0 Å². The normalized spacial score (nSPS) is 22.0. The Bertz CT molecular complexity index is 453. The monoisotopic (exact) mass is 343 g/mol. The van der Waals surface area contributed by atoms with Crippen LogP contribution in [0.5, 0.6) is 11.5 Å². The molecule has 1 aromatic carbocycles. The Hall–Kier alpha value is -0.780. The topological polar surface area (TPSA) is 50.7 Å². The van der Waals surface area contributed by atoms with Crippen molar-refractivity contribution in [3.63, 3.8) is 0 Å². The van der Waals surface area contributed by atoms with E-state index >= 15 is 0 Å². The van der Waals surface area contributed by atoms with E-state index in [4.69, 9.17) is 9.47 Å². The van der Waals surface area contributed by atoms with Crippen molar-refractivity contribution in [3.8, 4) is 11.5 Å². The Morgan fingerprint density at radius 1 is 1.25 bits per heavy atom. The van der Waals surface area contributed by atoms with Crippen molar-refractivity contribution in [2.75, 3.05) is 20.8 Å². The number of aliphatic hydroxyl groups excluding tert-OH is 1. The average molecular weight is 344 g/mol. The molecule has 0 heterocycles. The third-order valence-electron chi connectivity index (χ3n) is 3.81. The zero-order chi connectivity index (χ0) is 14.5. The van der Waals surface area contributed by atoms with Gasteiger partial charge in [0.25, 0.3) is 0 Å². The smallest absolute Gasteiger partial charge is 0.161 e. The standard InChI is InChI=1S/C15H22BrNO3/c1-19-14-6-11(13(16)7-15(14)20-2)9-17-8-10-3-4-12(18)5-10/h6-7,10,12,17-18H,3-5,8-9H2,1-2H3. The number of halogens is 1. The maximum atomic E-state index is 9.52. The maximum Gasteiger partial charge on any atom is 0.161 e. The molecule has 0 radical (unpaired) electrons. The summed E-state index contributed by atoms with van der Waals surface area (Å²) in [5.41, 5.74) is 1.14. The third-order valence-corrected chi connectivity index (χ3v) is 4.55. The molecule has 2 unspecified atom stereocenters. The van der Waals surface area contributed by atoms with E-state index in [0.29, 0.717) is 5.92 Å². The van der Waals surface area contributed by atoms with Gasteiger partial charge in [-0.3, -0.25) is 0 Å². The van der Waals surface area contributed by atoms with Crippen LogP contribution in [0.2, 0.25) is 0 Å². The van der Waals surface area contributed by atoms with E-state index < -0.39 is 0 Å². The summed E-state index contributed by atoms with van der Waals surface area (Å²) in [4.78, 5) is 0. The van der Waals surface area contributed by atoms with E-state index in [0.717, 1.165) is 53.9 Å². The van der Waals surface area contributed by atoms with Crippen molar-refractivity contribution in [2.45, 2.75) is 31.9 Å². The maximum absolute atomic E-state index is 9.52. The van der Waals surface area contributed by atoms with Crippen LogP contribution >= 0.6 is 15.9 Å². The number of hydrogen-bond donors (Lipinski definition) is 2. The molecule has 20 heavy (non-hydrogen) atoms. The highest BCUT2D eigenvalue weighted by Gasteiger charge is 2.22. The van der Waals surface area contributed by atoms with E-state index in [1.54, 1.807) is 14.2 Å². The van der Waals surface area contributed by atoms with Crippen LogP contribution < -0.4 is 14.8 Å². The van der Waals surface area contributed by atoms with Crippen LogP contribution in [0.3, 0.4) is 0 Å². The highest BCUT2D eigenvalue weighted by molar-refractivity contribution is 9.10. The molecule has 5 heteroatoms. The fraction of sp³-hybridized carbons (Fsp3) is 0.600. The molecule has 2 atom stereocenters. The average Bonchev–Trinajstić information content (AvgIpc) is 2.85. The first-order chi connectivity index (χ1) is 9.63. The highest BCUT2D eigenvalue weighted by atomic mass is 79.9. The minimum absolute atomic E-state index is 0.102. The highest BCUT2D eigenvalue weighted by Crippen LogP contribution is 2.33. The van der Waals surface area contributed by atoms with Gasteiger partial charge in [-0.05, 0) is 49.4 Å². The molecule has 1 fully saturated rings. The lowest BCUT2D eigenvalue weighted by atomic mass is 10.1.